The van der Waals surface area contributed by atoms with Gasteiger partial charge in [-0.15, -0.1) is 0 Å². The van der Waals surface area contributed by atoms with E-state index in [1.54, 1.807) is 0 Å². The van der Waals surface area contributed by atoms with Crippen molar-refractivity contribution < 1.29 is 9.90 Å². The Morgan fingerprint density at radius 3 is 1.92 bits per heavy atom. The third-order valence-corrected chi connectivity index (χ3v) is 3.49. The molecule has 0 radical (unpaired) electrons. The van der Waals surface area contributed by atoms with Gasteiger partial charge < -0.3 is 5.11 Å². The zero-order valence-corrected chi connectivity index (χ0v) is 15.3. The molecule has 0 amide bonds. The Hall–Kier alpha value is -2.26. The van der Waals surface area contributed by atoms with E-state index in [2.05, 4.69) is 52.6 Å². The lowest BCUT2D eigenvalue weighted by atomic mass is 10.1. The van der Waals surface area contributed by atoms with Crippen molar-refractivity contribution in [1.82, 2.24) is 0 Å². The molecule has 0 aliphatic rings. The van der Waals surface area contributed by atoms with Crippen LogP contribution in [-0.2, 0) is 4.79 Å². The van der Waals surface area contributed by atoms with Crippen molar-refractivity contribution in [1.29, 1.82) is 0 Å². The number of rotatable bonds is 15. The SMILES string of the molecule is CC(CCC/C=C\C/C=C\C/C=C\C/C=C\CCCC(=O)O)N=[N+]=[N-]. The van der Waals surface area contributed by atoms with Crippen LogP contribution in [0.4, 0.5) is 0 Å². The molecule has 0 saturated heterocycles. The van der Waals surface area contributed by atoms with Gasteiger partial charge in [-0.05, 0) is 56.9 Å². The van der Waals surface area contributed by atoms with Crippen molar-refractivity contribution in [2.75, 3.05) is 0 Å². The minimum Gasteiger partial charge on any atom is -0.481 e. The molecule has 1 atom stereocenters. The highest BCUT2D eigenvalue weighted by atomic mass is 16.4. The molecule has 0 spiro atoms. The van der Waals surface area contributed by atoms with E-state index in [-0.39, 0.29) is 12.5 Å². The number of azide groups is 1. The summed E-state index contributed by atoms with van der Waals surface area (Å²) in [4.78, 5) is 13.1. The summed E-state index contributed by atoms with van der Waals surface area (Å²) in [6, 6.07) is 0.0877. The average Bonchev–Trinajstić information content (AvgIpc) is 2.57. The fourth-order valence-electron chi connectivity index (χ4n) is 2.10. The maximum Gasteiger partial charge on any atom is 0.303 e. The van der Waals surface area contributed by atoms with Gasteiger partial charge in [0.25, 0.3) is 0 Å². The first-order valence-electron chi connectivity index (χ1n) is 9.02. The van der Waals surface area contributed by atoms with Gasteiger partial charge in [0.15, 0.2) is 0 Å². The molecule has 0 fully saturated rings. The number of aliphatic carboxylic acids is 1. The molecule has 0 aromatic heterocycles. The molecule has 0 bridgehead atoms. The van der Waals surface area contributed by atoms with Crippen LogP contribution in [0, 0.1) is 0 Å². The van der Waals surface area contributed by atoms with Crippen molar-refractivity contribution in [3.05, 3.63) is 59.1 Å². The Bertz CT molecular complexity index is 501. The highest BCUT2D eigenvalue weighted by Gasteiger charge is 1.95. The van der Waals surface area contributed by atoms with Gasteiger partial charge in [-0.2, -0.15) is 0 Å². The van der Waals surface area contributed by atoms with E-state index < -0.39 is 5.97 Å². The number of hydrogen-bond acceptors (Lipinski definition) is 2. The second-order valence-corrected chi connectivity index (χ2v) is 5.86. The lowest BCUT2D eigenvalue weighted by molar-refractivity contribution is -0.137. The topological polar surface area (TPSA) is 86.1 Å². The second kappa shape index (κ2) is 18.1. The van der Waals surface area contributed by atoms with Gasteiger partial charge in [-0.25, -0.2) is 0 Å². The summed E-state index contributed by atoms with van der Waals surface area (Å²) in [5, 5.41) is 12.2. The molecule has 0 aromatic rings. The Labute approximate surface area is 151 Å². The van der Waals surface area contributed by atoms with Crippen molar-refractivity contribution in [3.63, 3.8) is 0 Å². The predicted molar refractivity (Wildman–Crippen MR) is 104 cm³/mol. The fourth-order valence-corrected chi connectivity index (χ4v) is 2.10. The lowest BCUT2D eigenvalue weighted by Gasteiger charge is -2.00. The number of carboxylic acids is 1. The average molecular weight is 345 g/mol. The number of carbonyl (C=O) groups is 1. The summed E-state index contributed by atoms with van der Waals surface area (Å²) in [5.41, 5.74) is 8.30. The van der Waals surface area contributed by atoms with E-state index in [4.69, 9.17) is 10.6 Å². The fraction of sp³-hybridized carbons (Fsp3) is 0.550. The van der Waals surface area contributed by atoms with Gasteiger partial charge in [0.1, 0.15) is 0 Å². The van der Waals surface area contributed by atoms with Crippen LogP contribution in [0.3, 0.4) is 0 Å². The van der Waals surface area contributed by atoms with E-state index in [0.29, 0.717) is 6.42 Å². The molecule has 0 rings (SSSR count). The molecular formula is C20H31N3O2. The van der Waals surface area contributed by atoms with Gasteiger partial charge >= 0.3 is 5.97 Å². The zero-order valence-electron chi connectivity index (χ0n) is 15.3. The van der Waals surface area contributed by atoms with Crippen molar-refractivity contribution in [2.24, 2.45) is 5.11 Å². The summed E-state index contributed by atoms with van der Waals surface area (Å²) in [6.07, 6.45) is 24.6. The Morgan fingerprint density at radius 2 is 1.44 bits per heavy atom. The van der Waals surface area contributed by atoms with Gasteiger partial charge in [-0.3, -0.25) is 4.79 Å². The highest BCUT2D eigenvalue weighted by Crippen LogP contribution is 2.05. The van der Waals surface area contributed by atoms with Crippen LogP contribution < -0.4 is 0 Å². The molecule has 0 saturated carbocycles. The summed E-state index contributed by atoms with van der Waals surface area (Å²) in [6.45, 7) is 1.94. The molecule has 138 valence electrons. The molecule has 5 nitrogen and oxygen atoms in total. The minimum atomic E-state index is -0.727. The first-order chi connectivity index (χ1) is 12.2. The predicted octanol–water partition coefficient (Wildman–Crippen LogP) is 6.51. The first kappa shape index (κ1) is 22.7. The zero-order chi connectivity index (χ0) is 18.6. The normalized spacial score (nSPS) is 13.2. The quantitative estimate of drug-likeness (QED) is 0.121. The van der Waals surface area contributed by atoms with Gasteiger partial charge in [-0.1, -0.05) is 60.6 Å². The van der Waals surface area contributed by atoms with E-state index >= 15 is 0 Å². The first-order valence-corrected chi connectivity index (χ1v) is 9.02. The Morgan fingerprint density at radius 1 is 0.960 bits per heavy atom. The third-order valence-electron chi connectivity index (χ3n) is 3.49. The Kier molecular flexibility index (Phi) is 16.4. The van der Waals surface area contributed by atoms with Crippen LogP contribution in [0.15, 0.2) is 53.7 Å². The molecule has 0 aliphatic heterocycles. The molecule has 25 heavy (non-hydrogen) atoms. The number of hydrogen-bond donors (Lipinski definition) is 1. The molecule has 1 N–H and O–H groups in total. The summed E-state index contributed by atoms with van der Waals surface area (Å²) < 4.78 is 0. The highest BCUT2D eigenvalue weighted by molar-refractivity contribution is 5.66. The number of nitrogens with zero attached hydrogens (tertiary/aromatic N) is 3. The van der Waals surface area contributed by atoms with Crippen LogP contribution in [-0.4, -0.2) is 17.1 Å². The van der Waals surface area contributed by atoms with E-state index in [1.807, 2.05) is 13.0 Å². The van der Waals surface area contributed by atoms with Gasteiger partial charge in [0.05, 0.1) is 0 Å². The summed E-state index contributed by atoms with van der Waals surface area (Å²) in [7, 11) is 0. The molecule has 1 unspecified atom stereocenters. The number of carboxylic acid groups (broad SMARTS) is 1. The van der Waals surface area contributed by atoms with Gasteiger partial charge in [0.2, 0.25) is 0 Å². The lowest BCUT2D eigenvalue weighted by Crippen LogP contribution is -1.94. The maximum absolute atomic E-state index is 10.3. The second-order valence-electron chi connectivity index (χ2n) is 5.86. The van der Waals surface area contributed by atoms with Crippen LogP contribution in [0.1, 0.15) is 64.7 Å². The Balaban J connectivity index is 3.50. The maximum atomic E-state index is 10.3. The molecule has 0 heterocycles. The van der Waals surface area contributed by atoms with E-state index in [9.17, 15) is 4.79 Å². The van der Waals surface area contributed by atoms with Crippen LogP contribution >= 0.6 is 0 Å². The largest absolute Gasteiger partial charge is 0.481 e. The smallest absolute Gasteiger partial charge is 0.303 e. The van der Waals surface area contributed by atoms with E-state index in [1.165, 1.54) is 0 Å². The van der Waals surface area contributed by atoms with Crippen molar-refractivity contribution in [3.8, 4) is 0 Å². The van der Waals surface area contributed by atoms with Crippen LogP contribution in [0.5, 0.6) is 0 Å². The number of unbranched alkanes of at least 4 members (excludes halogenated alkanes) is 2. The summed E-state index contributed by atoms with van der Waals surface area (Å²) >= 11 is 0. The van der Waals surface area contributed by atoms with Crippen molar-refractivity contribution in [2.45, 2.75) is 70.8 Å². The standard InChI is InChI=1S/C20H31N3O2/c1-19(22-23-21)17-15-13-11-9-7-5-3-2-4-6-8-10-12-14-16-18-20(24)25/h3-6,9-12,19H,2,7-8,13-18H2,1H3,(H,24,25)/b5-3-,6-4-,11-9-,12-10-. The molecular weight excluding hydrogens is 314 g/mol. The van der Waals surface area contributed by atoms with Crippen molar-refractivity contribution >= 4 is 5.97 Å². The molecule has 0 aromatic carbocycles. The molecule has 0 aliphatic carbocycles. The monoisotopic (exact) mass is 345 g/mol. The minimum absolute atomic E-state index is 0.0877. The third kappa shape index (κ3) is 19.7. The number of allylic oxidation sites excluding steroid dienone is 8. The van der Waals surface area contributed by atoms with Crippen LogP contribution in [0.2, 0.25) is 0 Å². The molecule has 5 heteroatoms. The summed E-state index contributed by atoms with van der Waals surface area (Å²) in [5.74, 6) is -0.727. The van der Waals surface area contributed by atoms with E-state index in [0.717, 1.165) is 44.9 Å². The van der Waals surface area contributed by atoms with Crippen LogP contribution in [0.25, 0.3) is 10.4 Å². The van der Waals surface area contributed by atoms with Gasteiger partial charge in [0, 0.05) is 17.4 Å².